The van der Waals surface area contributed by atoms with Gasteiger partial charge >= 0.3 is 0 Å². The van der Waals surface area contributed by atoms with Crippen molar-refractivity contribution in [2.75, 3.05) is 0 Å². The van der Waals surface area contributed by atoms with E-state index in [0.29, 0.717) is 22.9 Å². The summed E-state index contributed by atoms with van der Waals surface area (Å²) in [5, 5.41) is 6.70. The van der Waals surface area contributed by atoms with E-state index >= 15 is 0 Å². The largest absolute Gasteiger partial charge is 0.290 e. The number of fused-ring (bicyclic) bond motifs is 2. The highest BCUT2D eigenvalue weighted by molar-refractivity contribution is 6.09. The van der Waals surface area contributed by atoms with Gasteiger partial charge in [-0.05, 0) is 29.8 Å². The predicted octanol–water partition coefficient (Wildman–Crippen LogP) is 2.64. The topological polar surface area (TPSA) is 93.1 Å². The Morgan fingerprint density at radius 1 is 0.828 bits per heavy atom. The van der Waals surface area contributed by atoms with Crippen molar-refractivity contribution in [1.82, 2.24) is 20.6 Å². The highest BCUT2D eigenvalue weighted by atomic mass is 16.2. The molecule has 0 aliphatic carbocycles. The Hall–Kier alpha value is -4.00. The summed E-state index contributed by atoms with van der Waals surface area (Å²) in [4.78, 5) is 37.8. The summed E-state index contributed by atoms with van der Waals surface area (Å²) < 4.78 is 1.23. The number of hydrogen-bond donors (Lipinski definition) is 2. The third-order valence-corrected chi connectivity index (χ3v) is 4.71. The fourth-order valence-electron chi connectivity index (χ4n) is 3.28. The number of nitrogens with zero attached hydrogens (tertiary/aromatic N) is 2. The first-order valence-corrected chi connectivity index (χ1v) is 9.18. The highest BCUT2D eigenvalue weighted by Crippen LogP contribution is 2.18. The summed E-state index contributed by atoms with van der Waals surface area (Å²) in [7, 11) is 0. The van der Waals surface area contributed by atoms with E-state index in [2.05, 4.69) is 16.0 Å². The molecular formula is C22H18N4O3. The smallest absolute Gasteiger partial charge is 0.267 e. The SMILES string of the molecule is CCn1nc(C(=O)NNC(=O)c2cccc3ccccc23)c2ccccc2c1=O. The molecule has 0 aliphatic rings. The van der Waals surface area contributed by atoms with E-state index in [4.69, 9.17) is 0 Å². The van der Waals surface area contributed by atoms with Crippen LogP contribution in [0.1, 0.15) is 27.8 Å². The van der Waals surface area contributed by atoms with Crippen LogP contribution in [0.5, 0.6) is 0 Å². The number of rotatable bonds is 3. The number of carbonyl (C=O) groups excluding carboxylic acids is 2. The number of hydrazine groups is 1. The van der Waals surface area contributed by atoms with Gasteiger partial charge in [0, 0.05) is 17.5 Å². The number of aromatic nitrogens is 2. The van der Waals surface area contributed by atoms with Gasteiger partial charge in [0.15, 0.2) is 5.69 Å². The normalized spacial score (nSPS) is 10.8. The maximum Gasteiger partial charge on any atom is 0.290 e. The van der Waals surface area contributed by atoms with E-state index in [0.717, 1.165) is 10.8 Å². The minimum absolute atomic E-state index is 0.0697. The van der Waals surface area contributed by atoms with Gasteiger partial charge in [0.25, 0.3) is 17.4 Å². The van der Waals surface area contributed by atoms with Crippen molar-refractivity contribution >= 4 is 33.4 Å². The van der Waals surface area contributed by atoms with Crippen molar-refractivity contribution in [2.24, 2.45) is 0 Å². The second kappa shape index (κ2) is 7.55. The van der Waals surface area contributed by atoms with Crippen LogP contribution in [0.2, 0.25) is 0 Å². The average molecular weight is 386 g/mol. The molecule has 1 aromatic heterocycles. The zero-order valence-corrected chi connectivity index (χ0v) is 15.7. The molecule has 0 saturated carbocycles. The molecule has 0 saturated heterocycles. The minimum atomic E-state index is -0.600. The Morgan fingerprint density at radius 2 is 1.45 bits per heavy atom. The van der Waals surface area contributed by atoms with Gasteiger partial charge in [0.1, 0.15) is 0 Å². The first kappa shape index (κ1) is 18.4. The lowest BCUT2D eigenvalue weighted by Crippen LogP contribution is -2.42. The van der Waals surface area contributed by atoms with Crippen LogP contribution in [0.3, 0.4) is 0 Å². The first-order chi connectivity index (χ1) is 14.1. The third-order valence-electron chi connectivity index (χ3n) is 4.71. The van der Waals surface area contributed by atoms with Gasteiger partial charge in [0.2, 0.25) is 0 Å². The summed E-state index contributed by atoms with van der Waals surface area (Å²) in [6.45, 7) is 2.10. The fourth-order valence-corrected chi connectivity index (χ4v) is 3.28. The zero-order valence-electron chi connectivity index (χ0n) is 15.7. The molecule has 0 spiro atoms. The van der Waals surface area contributed by atoms with Crippen LogP contribution < -0.4 is 16.4 Å². The van der Waals surface area contributed by atoms with Crippen LogP contribution in [0.15, 0.2) is 71.5 Å². The van der Waals surface area contributed by atoms with Gasteiger partial charge in [-0.25, -0.2) is 4.68 Å². The standard InChI is InChI=1S/C22H18N4O3/c1-2-26-22(29)18-12-6-5-11-16(18)19(25-26)21(28)24-23-20(27)17-13-7-9-14-8-3-4-10-15(14)17/h3-13H,2H2,1H3,(H,23,27)(H,24,28). The third kappa shape index (κ3) is 3.34. The van der Waals surface area contributed by atoms with E-state index in [-0.39, 0.29) is 11.3 Å². The van der Waals surface area contributed by atoms with E-state index < -0.39 is 11.8 Å². The van der Waals surface area contributed by atoms with Crippen LogP contribution in [0, 0.1) is 0 Å². The summed E-state index contributed by atoms with van der Waals surface area (Å²) in [6, 6.07) is 19.6. The van der Waals surface area contributed by atoms with E-state index in [1.807, 2.05) is 30.3 Å². The Kier molecular flexibility index (Phi) is 4.78. The Labute approximate surface area is 165 Å². The molecule has 0 aliphatic heterocycles. The number of benzene rings is 3. The van der Waals surface area contributed by atoms with Gasteiger partial charge in [-0.1, -0.05) is 54.6 Å². The van der Waals surface area contributed by atoms with Crippen LogP contribution in [0.25, 0.3) is 21.5 Å². The number of aryl methyl sites for hydroxylation is 1. The van der Waals surface area contributed by atoms with Crippen molar-refractivity contribution in [3.63, 3.8) is 0 Å². The second-order valence-corrected chi connectivity index (χ2v) is 6.45. The van der Waals surface area contributed by atoms with Gasteiger partial charge in [-0.3, -0.25) is 25.2 Å². The summed E-state index contributed by atoms with van der Waals surface area (Å²) in [6.07, 6.45) is 0. The van der Waals surface area contributed by atoms with E-state index in [1.165, 1.54) is 4.68 Å². The molecule has 0 unspecified atom stereocenters. The molecule has 29 heavy (non-hydrogen) atoms. The van der Waals surface area contributed by atoms with Crippen molar-refractivity contribution in [3.8, 4) is 0 Å². The molecule has 1 heterocycles. The maximum atomic E-state index is 12.7. The molecule has 0 fully saturated rings. The van der Waals surface area contributed by atoms with Crippen LogP contribution in [-0.2, 0) is 6.54 Å². The monoisotopic (exact) mass is 386 g/mol. The molecule has 4 aromatic rings. The molecule has 7 nitrogen and oxygen atoms in total. The average Bonchev–Trinajstić information content (AvgIpc) is 2.77. The highest BCUT2D eigenvalue weighted by Gasteiger charge is 2.17. The second-order valence-electron chi connectivity index (χ2n) is 6.45. The summed E-state index contributed by atoms with van der Waals surface area (Å²) in [5.74, 6) is -1.04. The van der Waals surface area contributed by atoms with Crippen LogP contribution in [0.4, 0.5) is 0 Å². The minimum Gasteiger partial charge on any atom is -0.267 e. The molecule has 7 heteroatoms. The van der Waals surface area contributed by atoms with Crippen molar-refractivity contribution < 1.29 is 9.59 Å². The quantitative estimate of drug-likeness (QED) is 0.530. The maximum absolute atomic E-state index is 12.7. The first-order valence-electron chi connectivity index (χ1n) is 9.18. The molecule has 0 bridgehead atoms. The van der Waals surface area contributed by atoms with Gasteiger partial charge in [0.05, 0.1) is 5.39 Å². The van der Waals surface area contributed by atoms with Crippen LogP contribution in [-0.4, -0.2) is 21.6 Å². The summed E-state index contributed by atoms with van der Waals surface area (Å²) >= 11 is 0. The number of hydrogen-bond acceptors (Lipinski definition) is 4. The summed E-state index contributed by atoms with van der Waals surface area (Å²) in [5.41, 5.74) is 5.10. The molecule has 2 N–H and O–H groups in total. The number of nitrogens with one attached hydrogen (secondary N) is 2. The molecule has 0 radical (unpaired) electrons. The zero-order chi connectivity index (χ0) is 20.4. The lowest BCUT2D eigenvalue weighted by Gasteiger charge is -2.11. The van der Waals surface area contributed by atoms with E-state index in [9.17, 15) is 14.4 Å². The predicted molar refractivity (Wildman–Crippen MR) is 111 cm³/mol. The number of amides is 2. The van der Waals surface area contributed by atoms with Crippen LogP contribution >= 0.6 is 0 Å². The molecular weight excluding hydrogens is 368 g/mol. The Balaban J connectivity index is 1.63. The van der Waals surface area contributed by atoms with Crippen molar-refractivity contribution in [1.29, 1.82) is 0 Å². The van der Waals surface area contributed by atoms with E-state index in [1.54, 1.807) is 43.3 Å². The molecule has 144 valence electrons. The lowest BCUT2D eigenvalue weighted by molar-refractivity contribution is 0.0844. The van der Waals surface area contributed by atoms with Gasteiger partial charge < -0.3 is 0 Å². The molecule has 4 rings (SSSR count). The molecule has 3 aromatic carbocycles. The van der Waals surface area contributed by atoms with Gasteiger partial charge in [-0.15, -0.1) is 0 Å². The van der Waals surface area contributed by atoms with Gasteiger partial charge in [-0.2, -0.15) is 5.10 Å². The lowest BCUT2D eigenvalue weighted by atomic mass is 10.0. The Morgan fingerprint density at radius 3 is 2.21 bits per heavy atom. The number of carbonyl (C=O) groups is 2. The van der Waals surface area contributed by atoms with Crippen molar-refractivity contribution in [2.45, 2.75) is 13.5 Å². The van der Waals surface area contributed by atoms with Crippen molar-refractivity contribution in [3.05, 3.63) is 88.3 Å². The molecule has 0 atom stereocenters. The fraction of sp³-hybridized carbons (Fsp3) is 0.0909. The Bertz CT molecular complexity index is 1310. The molecule has 2 amide bonds.